The Labute approximate surface area is 190 Å². The van der Waals surface area contributed by atoms with Crippen molar-refractivity contribution in [3.63, 3.8) is 0 Å². The van der Waals surface area contributed by atoms with Crippen LogP contribution in [0.1, 0.15) is 39.7 Å². The van der Waals surface area contributed by atoms with Crippen molar-refractivity contribution in [3.8, 4) is 5.75 Å². The topological polar surface area (TPSA) is 77.9 Å². The zero-order chi connectivity index (χ0) is 23.1. The Bertz CT molecular complexity index is 974. The van der Waals surface area contributed by atoms with Gasteiger partial charge >= 0.3 is 7.12 Å². The Morgan fingerprint density at radius 3 is 2.62 bits per heavy atom. The molecule has 9 heteroatoms. The molecule has 1 aromatic heterocycles. The maximum atomic E-state index is 12.7. The van der Waals surface area contributed by atoms with E-state index in [9.17, 15) is 4.79 Å². The van der Waals surface area contributed by atoms with Gasteiger partial charge in [-0.1, -0.05) is 6.07 Å². The SMILES string of the molecule is CNc1ccc(CN2CC(Cn3cc(B4OC(C)(C)C(C)(C)O4)cn3)CC2=O)c(OC)c1. The Morgan fingerprint density at radius 1 is 1.25 bits per heavy atom. The van der Waals surface area contributed by atoms with E-state index in [2.05, 4.69) is 10.4 Å². The molecule has 2 saturated heterocycles. The molecule has 4 rings (SSSR count). The average Bonchev–Trinajstić information content (AvgIpc) is 3.39. The van der Waals surface area contributed by atoms with Crippen LogP contribution >= 0.6 is 0 Å². The fourth-order valence-corrected chi connectivity index (χ4v) is 4.21. The summed E-state index contributed by atoms with van der Waals surface area (Å²) in [5.41, 5.74) is 2.12. The fraction of sp³-hybridized carbons (Fsp3) is 0.565. The molecule has 8 nitrogen and oxygen atoms in total. The van der Waals surface area contributed by atoms with Crippen molar-refractivity contribution in [1.82, 2.24) is 14.7 Å². The zero-order valence-corrected chi connectivity index (χ0v) is 19.8. The van der Waals surface area contributed by atoms with Crippen molar-refractivity contribution in [3.05, 3.63) is 36.2 Å². The van der Waals surface area contributed by atoms with Crippen LogP contribution < -0.4 is 15.5 Å². The Balaban J connectivity index is 1.38. The minimum Gasteiger partial charge on any atom is -0.496 e. The summed E-state index contributed by atoms with van der Waals surface area (Å²) in [6.45, 7) is 10.1. The summed E-state index contributed by atoms with van der Waals surface area (Å²) < 4.78 is 19.6. The van der Waals surface area contributed by atoms with Gasteiger partial charge in [0.25, 0.3) is 0 Å². The number of rotatable bonds is 7. The van der Waals surface area contributed by atoms with Crippen molar-refractivity contribution in [2.45, 2.75) is 58.4 Å². The van der Waals surface area contributed by atoms with Gasteiger partial charge < -0.3 is 24.3 Å². The highest BCUT2D eigenvalue weighted by Crippen LogP contribution is 2.36. The molecule has 1 unspecified atom stereocenters. The van der Waals surface area contributed by atoms with Crippen molar-refractivity contribution in [2.24, 2.45) is 5.92 Å². The van der Waals surface area contributed by atoms with Gasteiger partial charge in [-0.3, -0.25) is 9.48 Å². The van der Waals surface area contributed by atoms with Crippen LogP contribution in [0.25, 0.3) is 0 Å². The number of nitrogens with zero attached hydrogens (tertiary/aromatic N) is 3. The van der Waals surface area contributed by atoms with Crippen LogP contribution in [-0.4, -0.2) is 59.6 Å². The van der Waals surface area contributed by atoms with Gasteiger partial charge in [0.05, 0.1) is 18.3 Å². The molecule has 172 valence electrons. The summed E-state index contributed by atoms with van der Waals surface area (Å²) >= 11 is 0. The van der Waals surface area contributed by atoms with E-state index in [-0.39, 0.29) is 23.0 Å². The normalized spacial score (nSPS) is 21.9. The van der Waals surface area contributed by atoms with E-state index in [0.717, 1.165) is 22.5 Å². The minimum absolute atomic E-state index is 0.160. The largest absolute Gasteiger partial charge is 0.498 e. The van der Waals surface area contributed by atoms with E-state index < -0.39 is 7.12 Å². The van der Waals surface area contributed by atoms with Gasteiger partial charge in [0.15, 0.2) is 0 Å². The Kier molecular flexibility index (Phi) is 5.98. The molecule has 1 aromatic carbocycles. The van der Waals surface area contributed by atoms with Crippen LogP contribution in [-0.2, 0) is 27.2 Å². The number of likely N-dealkylation sites (tertiary alicyclic amines) is 1. The van der Waals surface area contributed by atoms with Crippen LogP contribution in [0.5, 0.6) is 5.75 Å². The second-order valence-corrected chi connectivity index (χ2v) is 9.70. The predicted molar refractivity (Wildman–Crippen MR) is 124 cm³/mol. The van der Waals surface area contributed by atoms with E-state index >= 15 is 0 Å². The number of methoxy groups -OCH3 is 1. The summed E-state index contributed by atoms with van der Waals surface area (Å²) in [4.78, 5) is 14.6. The first kappa shape index (κ1) is 22.7. The number of ether oxygens (including phenoxy) is 1. The average molecular weight is 440 g/mol. The molecular formula is C23H33BN4O4. The molecule has 2 fully saturated rings. The van der Waals surface area contributed by atoms with Crippen molar-refractivity contribution in [2.75, 3.05) is 26.0 Å². The highest BCUT2D eigenvalue weighted by atomic mass is 16.7. The van der Waals surface area contributed by atoms with Gasteiger partial charge in [-0.15, -0.1) is 0 Å². The number of hydrogen-bond acceptors (Lipinski definition) is 6. The summed E-state index contributed by atoms with van der Waals surface area (Å²) in [6, 6.07) is 5.96. The molecule has 0 bridgehead atoms. The Morgan fingerprint density at radius 2 is 1.97 bits per heavy atom. The van der Waals surface area contributed by atoms with Crippen LogP contribution in [0.15, 0.2) is 30.6 Å². The third-order valence-corrected chi connectivity index (χ3v) is 6.86. The van der Waals surface area contributed by atoms with Crippen LogP contribution in [0.4, 0.5) is 5.69 Å². The number of hydrogen-bond donors (Lipinski definition) is 1. The molecule has 0 spiro atoms. The molecule has 0 aliphatic carbocycles. The number of aromatic nitrogens is 2. The number of benzene rings is 1. The molecule has 3 heterocycles. The lowest BCUT2D eigenvalue weighted by molar-refractivity contribution is -0.128. The minimum atomic E-state index is -0.427. The highest BCUT2D eigenvalue weighted by molar-refractivity contribution is 6.62. The lowest BCUT2D eigenvalue weighted by Gasteiger charge is -2.32. The first-order valence-corrected chi connectivity index (χ1v) is 11.1. The van der Waals surface area contributed by atoms with E-state index in [4.69, 9.17) is 14.0 Å². The lowest BCUT2D eigenvalue weighted by atomic mass is 9.82. The second-order valence-electron chi connectivity index (χ2n) is 9.70. The zero-order valence-electron chi connectivity index (χ0n) is 19.8. The van der Waals surface area contributed by atoms with Gasteiger partial charge in [0.2, 0.25) is 5.91 Å². The monoisotopic (exact) mass is 440 g/mol. The first-order chi connectivity index (χ1) is 15.1. The first-order valence-electron chi connectivity index (χ1n) is 11.1. The van der Waals surface area contributed by atoms with Crippen LogP contribution in [0, 0.1) is 5.92 Å². The Hall–Kier alpha value is -2.52. The van der Waals surface area contributed by atoms with E-state index in [0.29, 0.717) is 26.1 Å². The van der Waals surface area contributed by atoms with E-state index in [1.54, 1.807) is 13.3 Å². The third kappa shape index (κ3) is 4.36. The van der Waals surface area contributed by atoms with Gasteiger partial charge in [0, 0.05) is 74.2 Å². The maximum Gasteiger partial charge on any atom is 0.498 e. The number of carbonyl (C=O) groups excluding carboxylic acids is 1. The molecule has 2 aliphatic rings. The van der Waals surface area contributed by atoms with E-state index in [1.165, 1.54) is 0 Å². The number of amides is 1. The molecular weight excluding hydrogens is 407 g/mol. The van der Waals surface area contributed by atoms with Crippen LogP contribution in [0.3, 0.4) is 0 Å². The summed E-state index contributed by atoms with van der Waals surface area (Å²) in [7, 11) is 3.10. The molecule has 0 radical (unpaired) electrons. The molecule has 32 heavy (non-hydrogen) atoms. The van der Waals surface area contributed by atoms with Gasteiger partial charge in [-0.25, -0.2) is 0 Å². The second kappa shape index (κ2) is 8.44. The quantitative estimate of drug-likeness (QED) is 0.666. The molecule has 2 aromatic rings. The molecule has 0 saturated carbocycles. The summed E-state index contributed by atoms with van der Waals surface area (Å²) in [6.07, 6.45) is 4.28. The molecule has 1 N–H and O–H groups in total. The standard InChI is InChI=1S/C23H33BN4O4/c1-22(2)23(3,4)32-24(31-22)18-11-26-28(15-18)13-16-9-21(29)27(12-16)14-17-7-8-19(25-5)10-20(17)30-6/h7-8,10-11,15-16,25H,9,12-14H2,1-6H3. The molecule has 1 amide bonds. The lowest BCUT2D eigenvalue weighted by Crippen LogP contribution is -2.41. The van der Waals surface area contributed by atoms with Crippen molar-refractivity contribution in [1.29, 1.82) is 0 Å². The van der Waals surface area contributed by atoms with E-state index in [1.807, 2.05) is 68.7 Å². The smallest absolute Gasteiger partial charge is 0.496 e. The van der Waals surface area contributed by atoms with Gasteiger partial charge in [-0.05, 0) is 33.8 Å². The third-order valence-electron chi connectivity index (χ3n) is 6.86. The summed E-state index contributed by atoms with van der Waals surface area (Å²) in [5, 5.41) is 7.61. The maximum absolute atomic E-state index is 12.7. The fourth-order valence-electron chi connectivity index (χ4n) is 4.21. The number of nitrogens with one attached hydrogen (secondary N) is 1. The summed E-state index contributed by atoms with van der Waals surface area (Å²) in [5.74, 6) is 1.15. The number of anilines is 1. The van der Waals surface area contributed by atoms with Gasteiger partial charge in [0.1, 0.15) is 5.75 Å². The molecule has 2 aliphatic heterocycles. The highest BCUT2D eigenvalue weighted by Gasteiger charge is 2.52. The van der Waals surface area contributed by atoms with Gasteiger partial charge in [-0.2, -0.15) is 5.10 Å². The van der Waals surface area contributed by atoms with Crippen LogP contribution in [0.2, 0.25) is 0 Å². The van der Waals surface area contributed by atoms with Crippen molar-refractivity contribution >= 4 is 24.2 Å². The predicted octanol–water partition coefficient (Wildman–Crippen LogP) is 2.28. The van der Waals surface area contributed by atoms with Crippen molar-refractivity contribution < 1.29 is 18.8 Å². The number of carbonyl (C=O) groups is 1. The molecule has 1 atom stereocenters.